The molecule has 0 heterocycles. The number of carbonyl (C=O) groups excluding carboxylic acids is 1. The number of alkyl halides is 2. The number of ether oxygens (including phenoxy) is 1. The molecule has 25 heavy (non-hydrogen) atoms. The van der Waals surface area contributed by atoms with Crippen molar-refractivity contribution in [1.82, 2.24) is 0 Å². The lowest BCUT2D eigenvalue weighted by Gasteiger charge is -2.56. The van der Waals surface area contributed by atoms with Crippen molar-refractivity contribution in [2.45, 2.75) is 82.2 Å². The highest BCUT2D eigenvalue weighted by atomic mass is 19.3. The van der Waals surface area contributed by atoms with E-state index in [-0.39, 0.29) is 12.8 Å². The summed E-state index contributed by atoms with van der Waals surface area (Å²) in [5.74, 6) is -5.27. The van der Waals surface area contributed by atoms with E-state index in [1.165, 1.54) is 0 Å². The normalized spacial score (nSPS) is 39.2. The van der Waals surface area contributed by atoms with Crippen molar-refractivity contribution in [2.75, 3.05) is 0 Å². The number of carboxylic acids is 1. The standard InChI is InChI=1S/C19H26F2O4/c20-19(21,15(22)23)18(4-2-1-3-5-18)25-16(24)17-9-12-6-13(10-17)8-14(7-12)11-17/h12-14H,1-11H2,(H,22,23). The summed E-state index contributed by atoms with van der Waals surface area (Å²) in [5.41, 5.74) is -2.81. The van der Waals surface area contributed by atoms with Crippen LogP contribution in [0.1, 0.15) is 70.6 Å². The fourth-order valence-corrected chi connectivity index (χ4v) is 6.44. The average Bonchev–Trinajstić information content (AvgIpc) is 2.54. The number of halogens is 2. The van der Waals surface area contributed by atoms with E-state index in [9.17, 15) is 18.4 Å². The van der Waals surface area contributed by atoms with Crippen molar-refractivity contribution in [1.29, 1.82) is 0 Å². The summed E-state index contributed by atoms with van der Waals surface area (Å²) in [5, 5.41) is 9.06. The minimum absolute atomic E-state index is 0.0651. The van der Waals surface area contributed by atoms with Crippen LogP contribution in [-0.2, 0) is 14.3 Å². The molecule has 5 fully saturated rings. The van der Waals surface area contributed by atoms with E-state index in [0.717, 1.165) is 44.9 Å². The van der Waals surface area contributed by atoms with Crippen molar-refractivity contribution < 1.29 is 28.2 Å². The van der Waals surface area contributed by atoms with Crippen molar-refractivity contribution in [3.05, 3.63) is 0 Å². The van der Waals surface area contributed by atoms with Crippen LogP contribution in [0.3, 0.4) is 0 Å². The molecule has 5 saturated carbocycles. The van der Waals surface area contributed by atoms with E-state index >= 15 is 0 Å². The second-order valence-electron chi connectivity index (χ2n) is 9.02. The molecule has 4 nitrogen and oxygen atoms in total. The Hall–Kier alpha value is -1.20. The fraction of sp³-hybridized carbons (Fsp3) is 0.895. The maximum absolute atomic E-state index is 14.5. The van der Waals surface area contributed by atoms with Crippen LogP contribution in [0.15, 0.2) is 0 Å². The van der Waals surface area contributed by atoms with Crippen molar-refractivity contribution in [2.24, 2.45) is 23.2 Å². The van der Waals surface area contributed by atoms with Crippen LogP contribution in [0, 0.1) is 23.2 Å². The fourth-order valence-electron chi connectivity index (χ4n) is 6.44. The third kappa shape index (κ3) is 2.58. The van der Waals surface area contributed by atoms with Crippen LogP contribution in [0.5, 0.6) is 0 Å². The third-order valence-electron chi connectivity index (χ3n) is 7.26. The van der Waals surface area contributed by atoms with Gasteiger partial charge in [0.1, 0.15) is 0 Å². The summed E-state index contributed by atoms with van der Waals surface area (Å²) in [4.78, 5) is 24.3. The minimum Gasteiger partial charge on any atom is -0.477 e. The minimum atomic E-state index is -4.04. The molecule has 140 valence electrons. The topological polar surface area (TPSA) is 63.6 Å². The molecule has 5 aliphatic carbocycles. The Balaban J connectivity index is 1.60. The van der Waals surface area contributed by atoms with Gasteiger partial charge in [-0.15, -0.1) is 0 Å². The molecule has 1 N–H and O–H groups in total. The van der Waals surface area contributed by atoms with E-state index < -0.39 is 28.9 Å². The molecule has 0 saturated heterocycles. The van der Waals surface area contributed by atoms with Gasteiger partial charge in [-0.05, 0) is 82.0 Å². The van der Waals surface area contributed by atoms with Gasteiger partial charge in [0.15, 0.2) is 5.60 Å². The zero-order valence-electron chi connectivity index (χ0n) is 14.4. The molecule has 0 aromatic heterocycles. The zero-order valence-corrected chi connectivity index (χ0v) is 14.4. The molecule has 0 aromatic rings. The highest BCUT2D eigenvalue weighted by Gasteiger charge is 2.64. The van der Waals surface area contributed by atoms with E-state index in [1.807, 2.05) is 0 Å². The molecule has 5 aliphatic rings. The van der Waals surface area contributed by atoms with Crippen LogP contribution >= 0.6 is 0 Å². The summed E-state index contributed by atoms with van der Waals surface area (Å²) < 4.78 is 34.6. The van der Waals surface area contributed by atoms with Crippen LogP contribution in [-0.4, -0.2) is 28.6 Å². The van der Waals surface area contributed by atoms with E-state index in [1.54, 1.807) is 0 Å². The second-order valence-corrected chi connectivity index (χ2v) is 9.02. The smallest absolute Gasteiger partial charge is 0.381 e. The maximum atomic E-state index is 14.5. The highest BCUT2D eigenvalue weighted by Crippen LogP contribution is 2.61. The molecule has 0 amide bonds. The molecule has 0 spiro atoms. The maximum Gasteiger partial charge on any atom is 0.381 e. The highest BCUT2D eigenvalue weighted by molar-refractivity contribution is 5.81. The summed E-state index contributed by atoms with van der Waals surface area (Å²) in [6.45, 7) is 0. The van der Waals surface area contributed by atoms with Crippen LogP contribution in [0.2, 0.25) is 0 Å². The molecule has 4 bridgehead atoms. The Labute approximate surface area is 146 Å². The van der Waals surface area contributed by atoms with Gasteiger partial charge in [-0.25, -0.2) is 4.79 Å². The summed E-state index contributed by atoms with van der Waals surface area (Å²) in [6, 6.07) is 0. The Morgan fingerprint density at radius 3 is 1.84 bits per heavy atom. The average molecular weight is 356 g/mol. The quantitative estimate of drug-likeness (QED) is 0.768. The molecule has 0 aliphatic heterocycles. The first-order valence-corrected chi connectivity index (χ1v) is 9.61. The first kappa shape index (κ1) is 17.2. The molecule has 0 atom stereocenters. The van der Waals surface area contributed by atoms with E-state index in [0.29, 0.717) is 30.6 Å². The molecular formula is C19H26F2O4. The van der Waals surface area contributed by atoms with Crippen LogP contribution < -0.4 is 0 Å². The molecule has 0 radical (unpaired) electrons. The number of rotatable bonds is 4. The first-order valence-electron chi connectivity index (χ1n) is 9.61. The lowest BCUT2D eigenvalue weighted by atomic mass is 9.49. The SMILES string of the molecule is O=C(OC1(C(F)(F)C(=O)O)CCCCC1)C12CC3CC(CC(C3)C1)C2. The number of hydrogen-bond acceptors (Lipinski definition) is 3. The zero-order chi connectivity index (χ0) is 17.9. The number of aliphatic carboxylic acids is 1. The Morgan fingerprint density at radius 1 is 0.920 bits per heavy atom. The second kappa shape index (κ2) is 5.65. The van der Waals surface area contributed by atoms with Gasteiger partial charge in [0.2, 0.25) is 0 Å². The molecule has 5 rings (SSSR count). The largest absolute Gasteiger partial charge is 0.477 e. The molecular weight excluding hydrogens is 330 g/mol. The lowest BCUT2D eigenvalue weighted by molar-refractivity contribution is -0.240. The number of carbonyl (C=O) groups is 2. The Morgan fingerprint density at radius 2 is 1.40 bits per heavy atom. The lowest BCUT2D eigenvalue weighted by Crippen LogP contribution is -2.60. The third-order valence-corrected chi connectivity index (χ3v) is 7.26. The van der Waals surface area contributed by atoms with Gasteiger partial charge in [-0.2, -0.15) is 8.78 Å². The van der Waals surface area contributed by atoms with E-state index in [2.05, 4.69) is 0 Å². The number of esters is 1. The summed E-state index contributed by atoms with van der Waals surface area (Å²) in [7, 11) is 0. The van der Waals surface area contributed by atoms with Crippen LogP contribution in [0.4, 0.5) is 8.78 Å². The summed E-state index contributed by atoms with van der Waals surface area (Å²) in [6.07, 6.45) is 7.19. The van der Waals surface area contributed by atoms with Crippen molar-refractivity contribution in [3.63, 3.8) is 0 Å². The predicted octanol–water partition coefficient (Wildman–Crippen LogP) is 4.17. The van der Waals surface area contributed by atoms with Gasteiger partial charge in [0.05, 0.1) is 5.41 Å². The van der Waals surface area contributed by atoms with Crippen molar-refractivity contribution in [3.8, 4) is 0 Å². The van der Waals surface area contributed by atoms with Crippen LogP contribution in [0.25, 0.3) is 0 Å². The number of hydrogen-bond donors (Lipinski definition) is 1. The van der Waals surface area contributed by atoms with Gasteiger partial charge in [-0.1, -0.05) is 6.42 Å². The van der Waals surface area contributed by atoms with E-state index in [4.69, 9.17) is 9.84 Å². The molecule has 0 unspecified atom stereocenters. The molecule has 6 heteroatoms. The number of carboxylic acid groups (broad SMARTS) is 1. The summed E-state index contributed by atoms with van der Waals surface area (Å²) >= 11 is 0. The molecule has 0 aromatic carbocycles. The Kier molecular flexibility index (Phi) is 3.89. The Bertz CT molecular complexity index is 545. The van der Waals surface area contributed by atoms with Gasteiger partial charge < -0.3 is 9.84 Å². The predicted molar refractivity (Wildman–Crippen MR) is 85.1 cm³/mol. The first-order chi connectivity index (χ1) is 11.8. The van der Waals surface area contributed by atoms with Gasteiger partial charge >= 0.3 is 17.9 Å². The van der Waals surface area contributed by atoms with Crippen molar-refractivity contribution >= 4 is 11.9 Å². The van der Waals surface area contributed by atoms with Gasteiger partial charge in [-0.3, -0.25) is 4.79 Å². The van der Waals surface area contributed by atoms with Gasteiger partial charge in [0, 0.05) is 0 Å². The van der Waals surface area contributed by atoms with Gasteiger partial charge in [0.25, 0.3) is 0 Å². The monoisotopic (exact) mass is 356 g/mol.